The van der Waals surface area contributed by atoms with Crippen LogP contribution in [0.2, 0.25) is 0 Å². The van der Waals surface area contributed by atoms with Crippen LogP contribution < -0.4 is 15.4 Å². The van der Waals surface area contributed by atoms with Gasteiger partial charge in [-0.05, 0) is 43.3 Å². The number of rotatable bonds is 3. The predicted octanol–water partition coefficient (Wildman–Crippen LogP) is 3.14. The zero-order chi connectivity index (χ0) is 16.4. The number of anilines is 2. The molecule has 6 heteroatoms. The maximum atomic E-state index is 12.6. The number of fused-ring (bicyclic) bond motifs is 1. The number of ether oxygens (including phenoxy) is 1. The molecule has 0 aliphatic carbocycles. The standard InChI is InChI=1S/C17H16N2O3S/c1-17(15(20)18-11-7-9-12(22-2)10-8-11)16(21)19-13-5-3-4-6-14(13)23-17/h3-10H,1-2H3,(H,18,20)(H,19,21)/t17-/m1/s1. The molecule has 2 N–H and O–H groups in total. The van der Waals surface area contributed by atoms with E-state index in [1.807, 2.05) is 24.3 Å². The predicted molar refractivity (Wildman–Crippen MR) is 91.0 cm³/mol. The van der Waals surface area contributed by atoms with E-state index in [-0.39, 0.29) is 11.8 Å². The molecule has 1 atom stereocenters. The molecule has 118 valence electrons. The third-order valence-electron chi connectivity index (χ3n) is 3.66. The summed E-state index contributed by atoms with van der Waals surface area (Å²) in [4.78, 5) is 25.9. The summed E-state index contributed by atoms with van der Waals surface area (Å²) >= 11 is 1.25. The number of para-hydroxylation sites is 1. The van der Waals surface area contributed by atoms with E-state index in [1.165, 1.54) is 11.8 Å². The lowest BCUT2D eigenvalue weighted by atomic mass is 10.1. The Morgan fingerprint density at radius 2 is 1.87 bits per heavy atom. The number of hydrogen-bond donors (Lipinski definition) is 2. The van der Waals surface area contributed by atoms with Gasteiger partial charge in [0, 0.05) is 10.6 Å². The summed E-state index contributed by atoms with van der Waals surface area (Å²) in [7, 11) is 1.58. The third-order valence-corrected chi connectivity index (χ3v) is 5.02. The Labute approximate surface area is 138 Å². The smallest absolute Gasteiger partial charge is 0.250 e. The molecular formula is C17H16N2O3S. The van der Waals surface area contributed by atoms with Gasteiger partial charge in [-0.1, -0.05) is 23.9 Å². The van der Waals surface area contributed by atoms with Crippen molar-refractivity contribution in [1.29, 1.82) is 0 Å². The van der Waals surface area contributed by atoms with E-state index in [1.54, 1.807) is 38.3 Å². The molecule has 1 aliphatic heterocycles. The second-order valence-electron chi connectivity index (χ2n) is 5.27. The van der Waals surface area contributed by atoms with Crippen molar-refractivity contribution in [2.24, 2.45) is 0 Å². The summed E-state index contributed by atoms with van der Waals surface area (Å²) in [6.07, 6.45) is 0. The second-order valence-corrected chi connectivity index (χ2v) is 6.73. The Kier molecular flexibility index (Phi) is 4.00. The first-order valence-electron chi connectivity index (χ1n) is 7.08. The van der Waals surface area contributed by atoms with Gasteiger partial charge in [-0.3, -0.25) is 9.59 Å². The van der Waals surface area contributed by atoms with Gasteiger partial charge in [0.2, 0.25) is 11.8 Å². The lowest BCUT2D eigenvalue weighted by molar-refractivity contribution is -0.126. The molecule has 0 spiro atoms. The van der Waals surface area contributed by atoms with Crippen LogP contribution in [0.25, 0.3) is 0 Å². The highest BCUT2D eigenvalue weighted by atomic mass is 32.2. The van der Waals surface area contributed by atoms with Gasteiger partial charge in [-0.2, -0.15) is 0 Å². The van der Waals surface area contributed by atoms with Crippen LogP contribution in [0, 0.1) is 0 Å². The minimum atomic E-state index is -1.23. The Bertz CT molecular complexity index is 761. The molecule has 1 aliphatic rings. The van der Waals surface area contributed by atoms with Crippen LogP contribution in [0.1, 0.15) is 6.92 Å². The van der Waals surface area contributed by atoms with E-state index in [0.29, 0.717) is 11.4 Å². The fourth-order valence-corrected chi connectivity index (χ4v) is 3.34. The average molecular weight is 328 g/mol. The molecule has 0 radical (unpaired) electrons. The molecule has 0 saturated heterocycles. The summed E-state index contributed by atoms with van der Waals surface area (Å²) in [6, 6.07) is 14.4. The van der Waals surface area contributed by atoms with E-state index in [9.17, 15) is 9.59 Å². The van der Waals surface area contributed by atoms with Gasteiger partial charge in [-0.25, -0.2) is 0 Å². The highest BCUT2D eigenvalue weighted by Gasteiger charge is 2.45. The molecular weight excluding hydrogens is 312 g/mol. The van der Waals surface area contributed by atoms with Crippen LogP contribution in [0.15, 0.2) is 53.4 Å². The molecule has 2 aromatic carbocycles. The number of hydrogen-bond acceptors (Lipinski definition) is 4. The monoisotopic (exact) mass is 328 g/mol. The molecule has 2 amide bonds. The van der Waals surface area contributed by atoms with Crippen molar-refractivity contribution in [1.82, 2.24) is 0 Å². The average Bonchev–Trinajstić information content (AvgIpc) is 2.56. The molecule has 0 unspecified atom stereocenters. The van der Waals surface area contributed by atoms with Crippen molar-refractivity contribution < 1.29 is 14.3 Å². The van der Waals surface area contributed by atoms with Gasteiger partial charge < -0.3 is 15.4 Å². The summed E-state index contributed by atoms with van der Waals surface area (Å²) in [5.74, 6) is 0.0137. The molecule has 0 aromatic heterocycles. The highest BCUT2D eigenvalue weighted by molar-refractivity contribution is 8.02. The second kappa shape index (κ2) is 5.96. The summed E-state index contributed by atoms with van der Waals surface area (Å²) in [5.41, 5.74) is 1.35. The van der Waals surface area contributed by atoms with Gasteiger partial charge in [0.05, 0.1) is 12.8 Å². The zero-order valence-corrected chi connectivity index (χ0v) is 13.6. The number of thioether (sulfide) groups is 1. The fraction of sp³-hybridized carbons (Fsp3) is 0.176. The number of carbonyl (C=O) groups is 2. The van der Waals surface area contributed by atoms with Crippen LogP contribution in [0.4, 0.5) is 11.4 Å². The molecule has 23 heavy (non-hydrogen) atoms. The van der Waals surface area contributed by atoms with Gasteiger partial charge in [0.1, 0.15) is 5.75 Å². The van der Waals surface area contributed by atoms with Crippen molar-refractivity contribution >= 4 is 35.0 Å². The van der Waals surface area contributed by atoms with Crippen molar-refractivity contribution in [2.75, 3.05) is 17.7 Å². The molecule has 0 bridgehead atoms. The largest absolute Gasteiger partial charge is 0.497 e. The lowest BCUT2D eigenvalue weighted by Gasteiger charge is -2.31. The van der Waals surface area contributed by atoms with Gasteiger partial charge >= 0.3 is 0 Å². The number of nitrogens with one attached hydrogen (secondary N) is 2. The maximum Gasteiger partial charge on any atom is 0.250 e. The molecule has 3 rings (SSSR count). The number of methoxy groups -OCH3 is 1. The van der Waals surface area contributed by atoms with E-state index in [4.69, 9.17) is 4.74 Å². The van der Waals surface area contributed by atoms with Gasteiger partial charge in [-0.15, -0.1) is 0 Å². The Hall–Kier alpha value is -2.47. The molecule has 2 aromatic rings. The SMILES string of the molecule is COc1ccc(NC(=O)[C@@]2(C)Sc3ccccc3NC2=O)cc1. The summed E-state index contributed by atoms with van der Waals surface area (Å²) in [6.45, 7) is 1.63. The highest BCUT2D eigenvalue weighted by Crippen LogP contribution is 2.42. The summed E-state index contributed by atoms with van der Waals surface area (Å²) in [5, 5.41) is 5.58. The van der Waals surface area contributed by atoms with Crippen molar-refractivity contribution in [3.8, 4) is 5.75 Å². The quantitative estimate of drug-likeness (QED) is 0.850. The third kappa shape index (κ3) is 2.90. The fourth-order valence-electron chi connectivity index (χ4n) is 2.24. The minimum absolute atomic E-state index is 0.327. The number of amides is 2. The maximum absolute atomic E-state index is 12.6. The van der Waals surface area contributed by atoms with Crippen LogP contribution >= 0.6 is 11.8 Å². The molecule has 0 saturated carbocycles. The van der Waals surface area contributed by atoms with Crippen LogP contribution in [-0.2, 0) is 9.59 Å². The van der Waals surface area contributed by atoms with E-state index >= 15 is 0 Å². The van der Waals surface area contributed by atoms with Gasteiger partial charge in [0.15, 0.2) is 4.75 Å². The van der Waals surface area contributed by atoms with Crippen LogP contribution in [0.3, 0.4) is 0 Å². The van der Waals surface area contributed by atoms with Gasteiger partial charge in [0.25, 0.3) is 0 Å². The van der Waals surface area contributed by atoms with E-state index in [0.717, 1.165) is 10.6 Å². The lowest BCUT2D eigenvalue weighted by Crippen LogP contribution is -2.49. The Morgan fingerprint density at radius 1 is 1.17 bits per heavy atom. The number of benzene rings is 2. The minimum Gasteiger partial charge on any atom is -0.497 e. The van der Waals surface area contributed by atoms with Crippen molar-refractivity contribution in [2.45, 2.75) is 16.6 Å². The van der Waals surface area contributed by atoms with E-state index < -0.39 is 4.75 Å². The summed E-state index contributed by atoms with van der Waals surface area (Å²) < 4.78 is 3.86. The first-order valence-corrected chi connectivity index (χ1v) is 7.89. The Balaban J connectivity index is 1.81. The van der Waals surface area contributed by atoms with Crippen LogP contribution in [-0.4, -0.2) is 23.7 Å². The Morgan fingerprint density at radius 3 is 2.57 bits per heavy atom. The topological polar surface area (TPSA) is 67.4 Å². The van der Waals surface area contributed by atoms with Crippen molar-refractivity contribution in [3.63, 3.8) is 0 Å². The van der Waals surface area contributed by atoms with Crippen molar-refractivity contribution in [3.05, 3.63) is 48.5 Å². The molecule has 5 nitrogen and oxygen atoms in total. The zero-order valence-electron chi connectivity index (χ0n) is 12.8. The van der Waals surface area contributed by atoms with E-state index in [2.05, 4.69) is 10.6 Å². The normalized spacial score (nSPS) is 19.5. The first kappa shape index (κ1) is 15.4. The molecule has 1 heterocycles. The first-order chi connectivity index (χ1) is 11.0. The van der Waals surface area contributed by atoms with Crippen LogP contribution in [0.5, 0.6) is 5.75 Å². The number of carbonyl (C=O) groups excluding carboxylic acids is 2. The molecule has 0 fully saturated rings.